The van der Waals surface area contributed by atoms with Gasteiger partial charge >= 0.3 is 5.97 Å². The van der Waals surface area contributed by atoms with Crippen LogP contribution in [0.4, 0.5) is 0 Å². The highest BCUT2D eigenvalue weighted by molar-refractivity contribution is 5.90. The molecule has 0 aliphatic carbocycles. The van der Waals surface area contributed by atoms with E-state index in [4.69, 9.17) is 4.74 Å². The Hall–Kier alpha value is -1.64. The Morgan fingerprint density at radius 2 is 2.43 bits per heavy atom. The third kappa shape index (κ3) is 3.01. The highest BCUT2D eigenvalue weighted by Crippen LogP contribution is 2.11. The van der Waals surface area contributed by atoms with Gasteiger partial charge in [0.05, 0.1) is 6.61 Å². The fourth-order valence-corrected chi connectivity index (χ4v) is 1.04. The van der Waals surface area contributed by atoms with Gasteiger partial charge in [-0.2, -0.15) is 0 Å². The summed E-state index contributed by atoms with van der Waals surface area (Å²) in [5, 5.41) is 0. The average Bonchev–Trinajstić information content (AvgIpc) is 2.19. The van der Waals surface area contributed by atoms with Gasteiger partial charge in [-0.15, -0.1) is 0 Å². The van der Waals surface area contributed by atoms with Crippen LogP contribution in [0.5, 0.6) is 0 Å². The maximum absolute atomic E-state index is 11.1. The molecule has 14 heavy (non-hydrogen) atoms. The number of hydrogen-bond acceptors (Lipinski definition) is 3. The lowest BCUT2D eigenvalue weighted by molar-refractivity contribution is -0.137. The van der Waals surface area contributed by atoms with Crippen molar-refractivity contribution in [2.75, 3.05) is 6.61 Å². The van der Waals surface area contributed by atoms with Gasteiger partial charge in [-0.05, 0) is 31.1 Å². The van der Waals surface area contributed by atoms with Crippen LogP contribution in [0.15, 0.2) is 30.6 Å². The zero-order chi connectivity index (χ0) is 10.4. The summed E-state index contributed by atoms with van der Waals surface area (Å²) in [6.45, 7) is 4.04. The zero-order valence-electron chi connectivity index (χ0n) is 8.36. The number of aromatic nitrogens is 1. The molecule has 1 rings (SSSR count). The van der Waals surface area contributed by atoms with E-state index in [9.17, 15) is 4.79 Å². The minimum absolute atomic E-state index is 0.311. The molecule has 1 aromatic rings. The Bertz CT molecular complexity index is 330. The molecular weight excluding hydrogens is 178 g/mol. The summed E-state index contributed by atoms with van der Waals surface area (Å²) in [5.41, 5.74) is 1.79. The number of carbonyl (C=O) groups is 1. The summed E-state index contributed by atoms with van der Waals surface area (Å²) < 4.78 is 4.80. The third-order valence-electron chi connectivity index (χ3n) is 1.74. The Balaban J connectivity index is 2.75. The number of esters is 1. The Morgan fingerprint density at radius 1 is 1.64 bits per heavy atom. The van der Waals surface area contributed by atoms with Crippen LogP contribution >= 0.6 is 0 Å². The number of rotatable bonds is 3. The second-order valence-corrected chi connectivity index (χ2v) is 2.82. The monoisotopic (exact) mass is 191 g/mol. The first-order valence-corrected chi connectivity index (χ1v) is 4.49. The predicted octanol–water partition coefficient (Wildman–Crippen LogP) is 2.05. The Kier molecular flexibility index (Phi) is 3.85. The molecule has 0 aliphatic heterocycles. The summed E-state index contributed by atoms with van der Waals surface area (Å²) >= 11 is 0. The van der Waals surface area contributed by atoms with Crippen molar-refractivity contribution in [1.29, 1.82) is 0 Å². The van der Waals surface area contributed by atoms with Crippen molar-refractivity contribution >= 4 is 11.5 Å². The Morgan fingerprint density at radius 3 is 3.00 bits per heavy atom. The van der Waals surface area contributed by atoms with Crippen molar-refractivity contribution in [3.63, 3.8) is 0 Å². The maximum atomic E-state index is 11.1. The van der Waals surface area contributed by atoms with Crippen LogP contribution < -0.4 is 0 Å². The lowest BCUT2D eigenvalue weighted by Gasteiger charge is -2.00. The molecule has 0 saturated carbocycles. The minimum atomic E-state index is -0.311. The molecule has 3 nitrogen and oxygen atoms in total. The topological polar surface area (TPSA) is 39.2 Å². The average molecular weight is 191 g/mol. The molecule has 74 valence electrons. The number of nitrogens with zero attached hydrogens (tertiary/aromatic N) is 1. The molecule has 0 N–H and O–H groups in total. The normalized spacial score (nSPS) is 11.1. The first kappa shape index (κ1) is 10.4. The Labute approximate surface area is 83.4 Å². The van der Waals surface area contributed by atoms with E-state index in [1.54, 1.807) is 19.3 Å². The van der Waals surface area contributed by atoms with E-state index in [-0.39, 0.29) is 5.97 Å². The molecule has 0 atom stereocenters. The van der Waals surface area contributed by atoms with Gasteiger partial charge in [0.15, 0.2) is 0 Å². The molecule has 0 radical (unpaired) electrons. The van der Waals surface area contributed by atoms with Gasteiger partial charge in [0, 0.05) is 18.5 Å². The molecule has 1 aromatic heterocycles. The molecule has 0 aliphatic rings. The summed E-state index contributed by atoms with van der Waals surface area (Å²) in [6, 6.07) is 3.73. The summed E-state index contributed by atoms with van der Waals surface area (Å²) in [7, 11) is 0. The molecule has 3 heteroatoms. The van der Waals surface area contributed by atoms with E-state index in [0.717, 1.165) is 11.1 Å². The van der Waals surface area contributed by atoms with E-state index in [0.29, 0.717) is 6.61 Å². The van der Waals surface area contributed by atoms with E-state index in [2.05, 4.69) is 4.98 Å². The van der Waals surface area contributed by atoms with Gasteiger partial charge in [0.25, 0.3) is 0 Å². The molecule has 0 spiro atoms. The molecular formula is C11H13NO2. The lowest BCUT2D eigenvalue weighted by atomic mass is 10.1. The van der Waals surface area contributed by atoms with Crippen molar-refractivity contribution in [1.82, 2.24) is 4.98 Å². The van der Waals surface area contributed by atoms with Gasteiger partial charge < -0.3 is 4.74 Å². The predicted molar refractivity (Wildman–Crippen MR) is 54.5 cm³/mol. The van der Waals surface area contributed by atoms with Gasteiger partial charge in [-0.3, -0.25) is 4.98 Å². The first-order valence-electron chi connectivity index (χ1n) is 4.49. The first-order chi connectivity index (χ1) is 6.74. The van der Waals surface area contributed by atoms with Crippen molar-refractivity contribution in [3.8, 4) is 0 Å². The number of allylic oxidation sites excluding steroid dienone is 1. The van der Waals surface area contributed by atoms with E-state index in [1.807, 2.05) is 19.1 Å². The van der Waals surface area contributed by atoms with Gasteiger partial charge in [-0.25, -0.2) is 4.79 Å². The van der Waals surface area contributed by atoms with Crippen molar-refractivity contribution in [3.05, 3.63) is 36.2 Å². The molecule has 0 amide bonds. The van der Waals surface area contributed by atoms with Gasteiger partial charge in [-0.1, -0.05) is 6.07 Å². The van der Waals surface area contributed by atoms with Crippen LogP contribution in [0.25, 0.3) is 5.57 Å². The quantitative estimate of drug-likeness (QED) is 0.542. The van der Waals surface area contributed by atoms with Crippen LogP contribution in [0.2, 0.25) is 0 Å². The van der Waals surface area contributed by atoms with E-state index in [1.165, 1.54) is 6.08 Å². The lowest BCUT2D eigenvalue weighted by Crippen LogP contribution is -2.00. The van der Waals surface area contributed by atoms with E-state index < -0.39 is 0 Å². The molecule has 1 heterocycles. The van der Waals surface area contributed by atoms with Crippen LogP contribution in [0, 0.1) is 0 Å². The van der Waals surface area contributed by atoms with Crippen LogP contribution in [-0.4, -0.2) is 17.6 Å². The number of hydrogen-bond donors (Lipinski definition) is 0. The van der Waals surface area contributed by atoms with Crippen LogP contribution in [0.1, 0.15) is 19.4 Å². The second-order valence-electron chi connectivity index (χ2n) is 2.82. The minimum Gasteiger partial charge on any atom is -0.463 e. The fraction of sp³-hybridized carbons (Fsp3) is 0.273. The smallest absolute Gasteiger partial charge is 0.331 e. The summed E-state index contributed by atoms with van der Waals surface area (Å²) in [4.78, 5) is 15.1. The summed E-state index contributed by atoms with van der Waals surface area (Å²) in [5.74, 6) is -0.311. The molecule has 0 saturated heterocycles. The van der Waals surface area contributed by atoms with Gasteiger partial charge in [0.2, 0.25) is 0 Å². The van der Waals surface area contributed by atoms with Crippen molar-refractivity contribution < 1.29 is 9.53 Å². The fourth-order valence-electron chi connectivity index (χ4n) is 1.04. The molecule has 0 fully saturated rings. The second kappa shape index (κ2) is 5.17. The molecule has 0 bridgehead atoms. The highest BCUT2D eigenvalue weighted by Gasteiger charge is 1.99. The molecule has 0 unspecified atom stereocenters. The third-order valence-corrected chi connectivity index (χ3v) is 1.74. The number of carbonyl (C=O) groups excluding carboxylic acids is 1. The summed E-state index contributed by atoms with van der Waals surface area (Å²) in [6.07, 6.45) is 4.88. The largest absolute Gasteiger partial charge is 0.463 e. The standard InChI is InChI=1S/C11H13NO2/c1-3-14-11(13)7-9(2)10-5-4-6-12-8-10/h4-8H,3H2,1-2H3. The van der Waals surface area contributed by atoms with Crippen molar-refractivity contribution in [2.45, 2.75) is 13.8 Å². The van der Waals surface area contributed by atoms with Gasteiger partial charge in [0.1, 0.15) is 0 Å². The molecule has 0 aromatic carbocycles. The van der Waals surface area contributed by atoms with Crippen LogP contribution in [-0.2, 0) is 9.53 Å². The number of ether oxygens (including phenoxy) is 1. The SMILES string of the molecule is CCOC(=O)C=C(C)c1cccnc1. The van der Waals surface area contributed by atoms with E-state index >= 15 is 0 Å². The number of pyridine rings is 1. The van der Waals surface area contributed by atoms with Crippen molar-refractivity contribution in [2.24, 2.45) is 0 Å². The maximum Gasteiger partial charge on any atom is 0.331 e. The van der Waals surface area contributed by atoms with Crippen LogP contribution in [0.3, 0.4) is 0 Å². The zero-order valence-corrected chi connectivity index (χ0v) is 8.36. The highest BCUT2D eigenvalue weighted by atomic mass is 16.5.